The molecule has 144 valence electrons. The lowest BCUT2D eigenvalue weighted by molar-refractivity contribution is 0.0717. The number of aromatic nitrogens is 2. The van der Waals surface area contributed by atoms with E-state index in [1.165, 1.54) is 0 Å². The Morgan fingerprint density at radius 3 is 2.89 bits per heavy atom. The highest BCUT2D eigenvalue weighted by molar-refractivity contribution is 5.95. The van der Waals surface area contributed by atoms with E-state index >= 15 is 0 Å². The summed E-state index contributed by atoms with van der Waals surface area (Å²) in [5.41, 5.74) is 7.75. The zero-order valence-corrected chi connectivity index (χ0v) is 15.5. The van der Waals surface area contributed by atoms with Crippen molar-refractivity contribution in [2.24, 2.45) is 5.73 Å². The van der Waals surface area contributed by atoms with Crippen LogP contribution in [0.2, 0.25) is 0 Å². The fraction of sp³-hybridized carbons (Fsp3) is 0.286. The van der Waals surface area contributed by atoms with E-state index in [9.17, 15) is 4.79 Å². The average molecular weight is 378 g/mol. The summed E-state index contributed by atoms with van der Waals surface area (Å²) in [7, 11) is 0. The molecular weight excluding hydrogens is 356 g/mol. The third kappa shape index (κ3) is 3.89. The number of amides is 1. The van der Waals surface area contributed by atoms with Crippen LogP contribution in [0.4, 0.5) is 0 Å². The maximum absolute atomic E-state index is 13.0. The van der Waals surface area contributed by atoms with Crippen LogP contribution in [0.15, 0.2) is 53.1 Å². The van der Waals surface area contributed by atoms with Crippen LogP contribution in [0.3, 0.4) is 0 Å². The summed E-state index contributed by atoms with van der Waals surface area (Å²) in [6.07, 6.45) is 2.86. The van der Waals surface area contributed by atoms with Crippen molar-refractivity contribution in [3.8, 4) is 5.75 Å². The predicted molar refractivity (Wildman–Crippen MR) is 103 cm³/mol. The van der Waals surface area contributed by atoms with E-state index in [1.54, 1.807) is 23.2 Å². The number of rotatable bonds is 6. The highest BCUT2D eigenvalue weighted by atomic mass is 16.5. The molecule has 0 radical (unpaired) electrons. The normalized spacial score (nSPS) is 13.2. The van der Waals surface area contributed by atoms with E-state index in [4.69, 9.17) is 14.9 Å². The van der Waals surface area contributed by atoms with E-state index < -0.39 is 0 Å². The van der Waals surface area contributed by atoms with Gasteiger partial charge in [-0.1, -0.05) is 30.3 Å². The van der Waals surface area contributed by atoms with E-state index in [2.05, 4.69) is 9.97 Å². The van der Waals surface area contributed by atoms with Gasteiger partial charge < -0.3 is 19.8 Å². The lowest BCUT2D eigenvalue weighted by Crippen LogP contribution is -2.36. The Balaban J connectivity index is 1.49. The van der Waals surface area contributed by atoms with Crippen molar-refractivity contribution in [1.82, 2.24) is 14.9 Å². The number of pyridine rings is 1. The molecule has 3 aromatic rings. The molecule has 1 aromatic carbocycles. The molecule has 4 rings (SSSR count). The second-order valence-corrected chi connectivity index (χ2v) is 6.60. The van der Waals surface area contributed by atoms with Gasteiger partial charge in [0.05, 0.1) is 6.54 Å². The summed E-state index contributed by atoms with van der Waals surface area (Å²) < 4.78 is 11.5. The zero-order chi connectivity index (χ0) is 19.3. The van der Waals surface area contributed by atoms with Gasteiger partial charge in [-0.05, 0) is 17.7 Å². The molecule has 28 heavy (non-hydrogen) atoms. The number of carbonyl (C=O) groups excluding carboxylic acids is 1. The molecule has 0 saturated carbocycles. The van der Waals surface area contributed by atoms with Crippen molar-refractivity contribution in [1.29, 1.82) is 0 Å². The molecular formula is C21H22N4O3. The standard InChI is InChI=1S/C21H22N4O3/c22-9-12-27-18-7-4-10-23-20(18)21(26)25-11-8-17-16(14-25)24-19(28-17)13-15-5-2-1-3-6-15/h1-7,10H,8-9,11-14,22H2. The average Bonchev–Trinajstić information content (AvgIpc) is 3.14. The van der Waals surface area contributed by atoms with Crippen LogP contribution >= 0.6 is 0 Å². The number of hydrogen-bond acceptors (Lipinski definition) is 6. The van der Waals surface area contributed by atoms with Gasteiger partial charge in [0.1, 0.15) is 18.1 Å². The van der Waals surface area contributed by atoms with Crippen LogP contribution in [0.25, 0.3) is 0 Å². The monoisotopic (exact) mass is 378 g/mol. The summed E-state index contributed by atoms with van der Waals surface area (Å²) in [6, 6.07) is 13.5. The molecule has 0 atom stereocenters. The van der Waals surface area contributed by atoms with Crippen molar-refractivity contribution in [3.05, 3.63) is 77.3 Å². The number of oxazole rings is 1. The Kier molecular flexibility index (Phi) is 5.34. The Hall–Kier alpha value is -3.19. The van der Waals surface area contributed by atoms with Gasteiger partial charge in [-0.3, -0.25) is 4.79 Å². The Morgan fingerprint density at radius 2 is 2.07 bits per heavy atom. The van der Waals surface area contributed by atoms with Gasteiger partial charge in [0, 0.05) is 32.1 Å². The quantitative estimate of drug-likeness (QED) is 0.707. The fourth-order valence-corrected chi connectivity index (χ4v) is 3.26. The second-order valence-electron chi connectivity index (χ2n) is 6.60. The van der Waals surface area contributed by atoms with Crippen LogP contribution in [-0.2, 0) is 19.4 Å². The first-order valence-electron chi connectivity index (χ1n) is 9.33. The third-order valence-corrected chi connectivity index (χ3v) is 4.61. The van der Waals surface area contributed by atoms with Crippen LogP contribution in [0, 0.1) is 0 Å². The van der Waals surface area contributed by atoms with E-state index in [-0.39, 0.29) is 5.91 Å². The van der Waals surface area contributed by atoms with Gasteiger partial charge in [0.2, 0.25) is 0 Å². The molecule has 0 aliphatic carbocycles. The van der Waals surface area contributed by atoms with Crippen LogP contribution in [0.5, 0.6) is 5.75 Å². The highest BCUT2D eigenvalue weighted by Gasteiger charge is 2.28. The number of benzene rings is 1. The van der Waals surface area contributed by atoms with Crippen molar-refractivity contribution in [2.45, 2.75) is 19.4 Å². The maximum Gasteiger partial charge on any atom is 0.276 e. The Bertz CT molecular complexity index is 955. The van der Waals surface area contributed by atoms with Crippen LogP contribution in [-0.4, -0.2) is 40.5 Å². The molecule has 0 fully saturated rings. The van der Waals surface area contributed by atoms with E-state index in [1.807, 2.05) is 30.3 Å². The topological polar surface area (TPSA) is 94.5 Å². The third-order valence-electron chi connectivity index (χ3n) is 4.61. The summed E-state index contributed by atoms with van der Waals surface area (Å²) in [5, 5.41) is 0. The molecule has 3 heterocycles. The molecule has 0 unspecified atom stereocenters. The number of carbonyl (C=O) groups is 1. The number of ether oxygens (including phenoxy) is 1. The molecule has 0 spiro atoms. The molecule has 7 heteroatoms. The lowest BCUT2D eigenvalue weighted by Gasteiger charge is -2.25. The molecule has 0 bridgehead atoms. The zero-order valence-electron chi connectivity index (χ0n) is 15.5. The first-order chi connectivity index (χ1) is 13.7. The van der Waals surface area contributed by atoms with Crippen LogP contribution in [0.1, 0.15) is 33.4 Å². The van der Waals surface area contributed by atoms with Crippen molar-refractivity contribution >= 4 is 5.91 Å². The lowest BCUT2D eigenvalue weighted by atomic mass is 10.1. The number of nitrogens with zero attached hydrogens (tertiary/aromatic N) is 3. The minimum Gasteiger partial charge on any atom is -0.490 e. The van der Waals surface area contributed by atoms with Crippen LogP contribution < -0.4 is 10.5 Å². The molecule has 1 aliphatic heterocycles. The molecule has 0 saturated heterocycles. The molecule has 1 aliphatic rings. The Morgan fingerprint density at radius 1 is 1.21 bits per heavy atom. The largest absolute Gasteiger partial charge is 0.490 e. The summed E-state index contributed by atoms with van der Waals surface area (Å²) in [5.74, 6) is 1.81. The first-order valence-corrected chi connectivity index (χ1v) is 9.33. The summed E-state index contributed by atoms with van der Waals surface area (Å²) in [6.45, 7) is 1.67. The van der Waals surface area contributed by atoms with E-state index in [0.29, 0.717) is 56.4 Å². The van der Waals surface area contributed by atoms with E-state index in [0.717, 1.165) is 17.0 Å². The van der Waals surface area contributed by atoms with Crippen molar-refractivity contribution < 1.29 is 13.9 Å². The van der Waals surface area contributed by atoms with Crippen molar-refractivity contribution in [3.63, 3.8) is 0 Å². The maximum atomic E-state index is 13.0. The predicted octanol–water partition coefficient (Wildman–Crippen LogP) is 2.20. The van der Waals surface area contributed by atoms with Gasteiger partial charge in [-0.15, -0.1) is 0 Å². The highest BCUT2D eigenvalue weighted by Crippen LogP contribution is 2.24. The molecule has 2 aromatic heterocycles. The molecule has 7 nitrogen and oxygen atoms in total. The number of fused-ring (bicyclic) bond motifs is 1. The van der Waals surface area contributed by atoms with Gasteiger partial charge in [-0.25, -0.2) is 9.97 Å². The van der Waals surface area contributed by atoms with Gasteiger partial charge in [0.15, 0.2) is 17.3 Å². The minimum absolute atomic E-state index is 0.175. The minimum atomic E-state index is -0.175. The second kappa shape index (κ2) is 8.22. The van der Waals surface area contributed by atoms with Crippen molar-refractivity contribution in [2.75, 3.05) is 19.7 Å². The summed E-state index contributed by atoms with van der Waals surface area (Å²) in [4.78, 5) is 23.6. The van der Waals surface area contributed by atoms with Gasteiger partial charge in [0.25, 0.3) is 5.91 Å². The smallest absolute Gasteiger partial charge is 0.276 e. The van der Waals surface area contributed by atoms with Gasteiger partial charge in [-0.2, -0.15) is 0 Å². The first kappa shape index (κ1) is 18.2. The molecule has 2 N–H and O–H groups in total. The SMILES string of the molecule is NCCOc1cccnc1C(=O)N1CCc2oc(Cc3ccccc3)nc2C1. The molecule has 1 amide bonds. The number of nitrogens with two attached hydrogens (primary N) is 1. The van der Waals surface area contributed by atoms with Gasteiger partial charge >= 0.3 is 0 Å². The number of hydrogen-bond donors (Lipinski definition) is 1. The fourth-order valence-electron chi connectivity index (χ4n) is 3.26. The Labute approximate surface area is 163 Å². The summed E-state index contributed by atoms with van der Waals surface area (Å²) >= 11 is 0.